The molecule has 0 atom stereocenters. The highest BCUT2D eigenvalue weighted by molar-refractivity contribution is 5.93. The van der Waals surface area contributed by atoms with Crippen LogP contribution < -0.4 is 4.90 Å². The van der Waals surface area contributed by atoms with Crippen molar-refractivity contribution in [2.75, 3.05) is 18.5 Å². The molecule has 1 aromatic rings. The number of anilines is 1. The normalized spacial score (nSPS) is 10.6. The molecule has 0 heterocycles. The van der Waals surface area contributed by atoms with Gasteiger partial charge in [-0.2, -0.15) is 0 Å². The van der Waals surface area contributed by atoms with Crippen molar-refractivity contribution in [2.24, 2.45) is 0 Å². The number of benzene rings is 1. The van der Waals surface area contributed by atoms with Crippen LogP contribution in [0.3, 0.4) is 0 Å². The Balaban J connectivity index is 3.32. The van der Waals surface area contributed by atoms with Crippen LogP contribution in [0.5, 0.6) is 0 Å². The van der Waals surface area contributed by atoms with E-state index in [9.17, 15) is 28.1 Å². The second kappa shape index (κ2) is 5.55. The third-order valence-corrected chi connectivity index (χ3v) is 2.32. The Morgan fingerprint density at radius 1 is 1.53 bits per heavy atom. The van der Waals surface area contributed by atoms with Gasteiger partial charge < -0.3 is 10.0 Å². The number of nitro benzene ring substituents is 1. The van der Waals surface area contributed by atoms with Gasteiger partial charge in [0, 0.05) is 7.05 Å². The van der Waals surface area contributed by atoms with E-state index in [-0.39, 0.29) is 0 Å². The van der Waals surface area contributed by atoms with E-state index in [1.165, 1.54) is 0 Å². The van der Waals surface area contributed by atoms with Gasteiger partial charge in [-0.1, -0.05) is 0 Å². The zero-order valence-corrected chi connectivity index (χ0v) is 9.64. The lowest BCUT2D eigenvalue weighted by Gasteiger charge is -2.19. The summed E-state index contributed by atoms with van der Waals surface area (Å²) < 4.78 is 37.9. The number of nitro groups is 1. The molecule has 19 heavy (non-hydrogen) atoms. The van der Waals surface area contributed by atoms with Gasteiger partial charge in [-0.05, 0) is 6.07 Å². The van der Waals surface area contributed by atoms with Gasteiger partial charge in [0.25, 0.3) is 12.1 Å². The van der Waals surface area contributed by atoms with E-state index in [1.807, 2.05) is 0 Å². The third-order valence-electron chi connectivity index (χ3n) is 2.32. The average molecular weight is 278 g/mol. The van der Waals surface area contributed by atoms with E-state index >= 15 is 0 Å². The summed E-state index contributed by atoms with van der Waals surface area (Å²) in [7, 11) is 1.13. The maximum absolute atomic E-state index is 13.6. The zero-order valence-electron chi connectivity index (χ0n) is 9.64. The summed E-state index contributed by atoms with van der Waals surface area (Å²) in [6, 6.07) is 1.07. The minimum absolute atomic E-state index is 0.404. The van der Waals surface area contributed by atoms with Gasteiger partial charge in [-0.3, -0.25) is 10.1 Å². The van der Waals surface area contributed by atoms with Crippen molar-refractivity contribution < 1.29 is 28.0 Å². The number of halogens is 3. The number of hydrogen-bond acceptors (Lipinski definition) is 4. The largest absolute Gasteiger partial charge is 0.477 e. The Labute approximate surface area is 105 Å². The Hall–Kier alpha value is -2.32. The fraction of sp³-hybridized carbons (Fsp3) is 0.300. The van der Waals surface area contributed by atoms with Crippen LogP contribution >= 0.6 is 0 Å². The molecule has 0 amide bonds. The third kappa shape index (κ3) is 3.33. The number of carboxylic acids is 1. The highest BCUT2D eigenvalue weighted by atomic mass is 19.3. The fourth-order valence-electron chi connectivity index (χ4n) is 1.47. The second-order valence-electron chi connectivity index (χ2n) is 3.65. The van der Waals surface area contributed by atoms with E-state index in [4.69, 9.17) is 5.11 Å². The number of rotatable bonds is 5. The Kier molecular flexibility index (Phi) is 4.30. The molecule has 1 N–H and O–H groups in total. The summed E-state index contributed by atoms with van der Waals surface area (Å²) in [5.74, 6) is -2.78. The topological polar surface area (TPSA) is 83.7 Å². The molecule has 0 unspecified atom stereocenters. The van der Waals surface area contributed by atoms with Crippen LogP contribution in [0.4, 0.5) is 24.5 Å². The first-order chi connectivity index (χ1) is 8.73. The molecule has 0 fully saturated rings. The Morgan fingerprint density at radius 3 is 2.53 bits per heavy atom. The highest BCUT2D eigenvalue weighted by Crippen LogP contribution is 2.28. The minimum Gasteiger partial charge on any atom is -0.477 e. The number of nitrogens with zero attached hydrogens (tertiary/aromatic N) is 2. The summed E-state index contributed by atoms with van der Waals surface area (Å²) in [6.07, 6.45) is -2.76. The molecule has 0 radical (unpaired) electrons. The molecule has 0 bridgehead atoms. The molecule has 0 aliphatic carbocycles. The number of hydrogen-bond donors (Lipinski definition) is 1. The number of carbonyl (C=O) groups is 1. The van der Waals surface area contributed by atoms with Crippen molar-refractivity contribution >= 4 is 17.3 Å². The molecule has 104 valence electrons. The van der Waals surface area contributed by atoms with Gasteiger partial charge in [0.15, 0.2) is 5.82 Å². The van der Waals surface area contributed by atoms with Crippen molar-refractivity contribution in [3.05, 3.63) is 33.6 Å². The molecule has 0 aliphatic rings. The predicted molar refractivity (Wildman–Crippen MR) is 59.3 cm³/mol. The summed E-state index contributed by atoms with van der Waals surface area (Å²) in [6.45, 7) is -0.826. The van der Waals surface area contributed by atoms with Crippen LogP contribution in [0.15, 0.2) is 12.1 Å². The molecule has 0 saturated heterocycles. The predicted octanol–water partition coefficient (Wildman–Crippen LogP) is 2.13. The summed E-state index contributed by atoms with van der Waals surface area (Å²) in [4.78, 5) is 21.2. The summed E-state index contributed by atoms with van der Waals surface area (Å²) in [5, 5.41) is 19.4. The molecular weight excluding hydrogens is 269 g/mol. The minimum atomic E-state index is -2.76. The van der Waals surface area contributed by atoms with Gasteiger partial charge in [-0.25, -0.2) is 18.0 Å². The first kappa shape index (κ1) is 14.7. The lowest BCUT2D eigenvalue weighted by molar-refractivity contribution is -0.385. The van der Waals surface area contributed by atoms with Gasteiger partial charge >= 0.3 is 5.97 Å². The van der Waals surface area contributed by atoms with Crippen LogP contribution in [0.2, 0.25) is 0 Å². The van der Waals surface area contributed by atoms with Crippen molar-refractivity contribution in [2.45, 2.75) is 6.43 Å². The number of carboxylic acid groups (broad SMARTS) is 1. The number of alkyl halides is 2. The first-order valence-electron chi connectivity index (χ1n) is 4.94. The van der Waals surface area contributed by atoms with Crippen LogP contribution in [0.25, 0.3) is 0 Å². The Bertz CT molecular complexity index is 522. The van der Waals surface area contributed by atoms with Crippen LogP contribution in [0.1, 0.15) is 10.4 Å². The van der Waals surface area contributed by atoms with Crippen molar-refractivity contribution in [1.82, 2.24) is 0 Å². The first-order valence-corrected chi connectivity index (χ1v) is 4.94. The lowest BCUT2D eigenvalue weighted by atomic mass is 10.1. The van der Waals surface area contributed by atoms with Crippen LogP contribution in [-0.2, 0) is 0 Å². The maximum Gasteiger partial charge on any atom is 0.342 e. The van der Waals surface area contributed by atoms with Crippen LogP contribution in [0, 0.1) is 15.9 Å². The molecular formula is C10H9F3N2O4. The van der Waals surface area contributed by atoms with E-state index in [1.54, 1.807) is 0 Å². The summed E-state index contributed by atoms with van der Waals surface area (Å²) in [5.41, 5.74) is -2.13. The maximum atomic E-state index is 13.6. The lowest BCUT2D eigenvalue weighted by Crippen LogP contribution is -2.25. The van der Waals surface area contributed by atoms with Gasteiger partial charge in [0.1, 0.15) is 5.56 Å². The monoisotopic (exact) mass is 278 g/mol. The zero-order chi connectivity index (χ0) is 14.7. The molecule has 1 aromatic carbocycles. The van der Waals surface area contributed by atoms with E-state index in [2.05, 4.69) is 0 Å². The average Bonchev–Trinajstić information content (AvgIpc) is 2.26. The number of aromatic carboxylic acids is 1. The molecule has 0 aromatic heterocycles. The quantitative estimate of drug-likeness (QED) is 0.659. The smallest absolute Gasteiger partial charge is 0.342 e. The van der Waals surface area contributed by atoms with Gasteiger partial charge in [-0.15, -0.1) is 0 Å². The standard InChI is InChI=1S/C10H9F3N2O4/c1-14(4-9(12)13)8-2-5(10(16)17)7(15(18)19)3-6(8)11/h2-3,9H,4H2,1H3,(H,16,17). The molecule has 1 rings (SSSR count). The van der Waals surface area contributed by atoms with Gasteiger partial charge in [0.05, 0.1) is 23.2 Å². The van der Waals surface area contributed by atoms with Crippen molar-refractivity contribution in [1.29, 1.82) is 0 Å². The van der Waals surface area contributed by atoms with Crippen molar-refractivity contribution in [3.8, 4) is 0 Å². The van der Waals surface area contributed by atoms with E-state index < -0.39 is 46.6 Å². The van der Waals surface area contributed by atoms with Crippen molar-refractivity contribution in [3.63, 3.8) is 0 Å². The molecule has 0 saturated carbocycles. The molecule has 0 spiro atoms. The molecule has 0 aliphatic heterocycles. The highest BCUT2D eigenvalue weighted by Gasteiger charge is 2.25. The van der Waals surface area contributed by atoms with E-state index in [0.29, 0.717) is 12.1 Å². The molecule has 6 nitrogen and oxygen atoms in total. The van der Waals surface area contributed by atoms with E-state index in [0.717, 1.165) is 11.9 Å². The van der Waals surface area contributed by atoms with Gasteiger partial charge in [0.2, 0.25) is 0 Å². The fourth-order valence-corrected chi connectivity index (χ4v) is 1.47. The van der Waals surface area contributed by atoms with Crippen LogP contribution in [-0.4, -0.2) is 36.0 Å². The second-order valence-corrected chi connectivity index (χ2v) is 3.65. The SMILES string of the molecule is CN(CC(F)F)c1cc(C(=O)O)c([N+](=O)[O-])cc1F. The Morgan fingerprint density at radius 2 is 2.11 bits per heavy atom. The molecule has 9 heteroatoms. The summed E-state index contributed by atoms with van der Waals surface area (Å²) >= 11 is 0.